The van der Waals surface area contributed by atoms with Crippen LogP contribution in [0.4, 0.5) is 4.79 Å². The van der Waals surface area contributed by atoms with Crippen molar-refractivity contribution in [3.05, 3.63) is 23.9 Å². The first-order valence-corrected chi connectivity index (χ1v) is 10.3. The van der Waals surface area contributed by atoms with Crippen molar-refractivity contribution < 1.29 is 14.3 Å². The number of ether oxygens (including phenoxy) is 2. The molecule has 3 aliphatic rings. The van der Waals surface area contributed by atoms with Crippen molar-refractivity contribution in [2.45, 2.75) is 51.0 Å². The van der Waals surface area contributed by atoms with E-state index in [9.17, 15) is 4.79 Å². The van der Waals surface area contributed by atoms with E-state index in [1.165, 1.54) is 31.4 Å². The fraction of sp³-hybridized carbons (Fsp3) is 0.714. The van der Waals surface area contributed by atoms with E-state index < -0.39 is 0 Å². The van der Waals surface area contributed by atoms with E-state index in [1.807, 2.05) is 24.0 Å². The van der Waals surface area contributed by atoms with Gasteiger partial charge in [0.15, 0.2) is 0 Å². The van der Waals surface area contributed by atoms with Crippen LogP contribution >= 0.6 is 0 Å². The zero-order valence-electron chi connectivity index (χ0n) is 16.5. The molecule has 4 rings (SSSR count). The lowest BCUT2D eigenvalue weighted by molar-refractivity contribution is -0.00490. The monoisotopic (exact) mass is 373 g/mol. The second-order valence-corrected chi connectivity index (χ2v) is 8.35. The average molecular weight is 373 g/mol. The summed E-state index contributed by atoms with van der Waals surface area (Å²) in [6.07, 6.45) is 5.78. The van der Waals surface area contributed by atoms with E-state index in [-0.39, 0.29) is 6.09 Å². The molecule has 1 saturated carbocycles. The predicted octanol–water partition coefficient (Wildman–Crippen LogP) is 3.28. The van der Waals surface area contributed by atoms with Crippen LogP contribution in [0.3, 0.4) is 0 Å². The van der Waals surface area contributed by atoms with Gasteiger partial charge in [-0.1, -0.05) is 6.07 Å². The van der Waals surface area contributed by atoms with Crippen molar-refractivity contribution in [3.8, 4) is 5.88 Å². The molecule has 1 aliphatic carbocycles. The minimum Gasteiger partial charge on any atom is -0.481 e. The van der Waals surface area contributed by atoms with Gasteiger partial charge < -0.3 is 19.3 Å². The molecule has 148 valence electrons. The zero-order chi connectivity index (χ0) is 18.9. The standard InChI is InChI=1S/C21H31N3O3/c1-3-27-20(25)24-12-9-21(15-24)13-17(14-21)23-10-7-16(8-11-23)18-5-4-6-19(22-18)26-2/h4-6,16-17H,3,7-15H2,1-2H3. The van der Waals surface area contributed by atoms with Gasteiger partial charge in [-0.15, -0.1) is 0 Å². The van der Waals surface area contributed by atoms with Gasteiger partial charge in [-0.25, -0.2) is 9.78 Å². The van der Waals surface area contributed by atoms with Crippen LogP contribution in [0, 0.1) is 5.41 Å². The Hall–Kier alpha value is -1.82. The molecule has 27 heavy (non-hydrogen) atoms. The third-order valence-corrected chi connectivity index (χ3v) is 6.72. The van der Waals surface area contributed by atoms with Crippen molar-refractivity contribution in [2.75, 3.05) is 39.9 Å². The molecule has 6 heteroatoms. The van der Waals surface area contributed by atoms with Crippen LogP contribution in [-0.4, -0.2) is 66.8 Å². The van der Waals surface area contributed by atoms with Gasteiger partial charge in [-0.3, -0.25) is 0 Å². The fourth-order valence-corrected chi connectivity index (χ4v) is 5.17. The molecule has 2 aliphatic heterocycles. The maximum absolute atomic E-state index is 12.0. The first-order valence-electron chi connectivity index (χ1n) is 10.3. The number of likely N-dealkylation sites (tertiary alicyclic amines) is 2. The maximum Gasteiger partial charge on any atom is 0.409 e. The van der Waals surface area contributed by atoms with Crippen molar-refractivity contribution >= 4 is 6.09 Å². The summed E-state index contributed by atoms with van der Waals surface area (Å²) < 4.78 is 10.4. The Balaban J connectivity index is 1.25. The van der Waals surface area contributed by atoms with Crippen molar-refractivity contribution in [2.24, 2.45) is 5.41 Å². The molecular formula is C21H31N3O3. The minimum atomic E-state index is -0.135. The molecule has 2 saturated heterocycles. The molecule has 0 radical (unpaired) electrons. The first kappa shape index (κ1) is 18.5. The summed E-state index contributed by atoms with van der Waals surface area (Å²) in [5, 5.41) is 0. The summed E-state index contributed by atoms with van der Waals surface area (Å²) in [6, 6.07) is 6.77. The number of piperidine rings is 1. The van der Waals surface area contributed by atoms with E-state index in [1.54, 1.807) is 7.11 Å². The molecule has 3 fully saturated rings. The molecule has 0 bridgehead atoms. The lowest BCUT2D eigenvalue weighted by Gasteiger charge is -2.51. The van der Waals surface area contributed by atoms with E-state index in [0.29, 0.717) is 29.9 Å². The molecule has 1 spiro atoms. The highest BCUT2D eigenvalue weighted by Gasteiger charge is 2.51. The second-order valence-electron chi connectivity index (χ2n) is 8.35. The number of carbonyl (C=O) groups is 1. The number of carbonyl (C=O) groups excluding carboxylic acids is 1. The molecule has 1 amide bonds. The van der Waals surface area contributed by atoms with Gasteiger partial charge in [0.25, 0.3) is 0 Å². The number of hydrogen-bond acceptors (Lipinski definition) is 5. The van der Waals surface area contributed by atoms with E-state index >= 15 is 0 Å². The molecule has 1 aromatic rings. The number of aromatic nitrogens is 1. The molecule has 0 atom stereocenters. The van der Waals surface area contributed by atoms with Crippen molar-refractivity contribution in [1.29, 1.82) is 0 Å². The lowest BCUT2D eigenvalue weighted by atomic mass is 9.64. The van der Waals surface area contributed by atoms with Crippen LogP contribution in [0.1, 0.15) is 50.6 Å². The number of methoxy groups -OCH3 is 1. The van der Waals surface area contributed by atoms with Crippen LogP contribution < -0.4 is 4.74 Å². The normalized spacial score (nSPS) is 29.0. The summed E-state index contributed by atoms with van der Waals surface area (Å²) in [7, 11) is 1.67. The highest BCUT2D eigenvalue weighted by atomic mass is 16.6. The van der Waals surface area contributed by atoms with Crippen LogP contribution in [0.5, 0.6) is 5.88 Å². The number of amides is 1. The third-order valence-electron chi connectivity index (χ3n) is 6.72. The molecular weight excluding hydrogens is 342 g/mol. The molecule has 1 aromatic heterocycles. The van der Waals surface area contributed by atoms with E-state index in [0.717, 1.165) is 32.6 Å². The van der Waals surface area contributed by atoms with Gasteiger partial charge in [0.05, 0.1) is 13.7 Å². The van der Waals surface area contributed by atoms with E-state index in [2.05, 4.69) is 16.0 Å². The Morgan fingerprint density at radius 3 is 2.74 bits per heavy atom. The van der Waals surface area contributed by atoms with Crippen LogP contribution in [0.25, 0.3) is 0 Å². The molecule has 0 unspecified atom stereocenters. The van der Waals surface area contributed by atoms with Crippen LogP contribution in [0.2, 0.25) is 0 Å². The number of pyridine rings is 1. The lowest BCUT2D eigenvalue weighted by Crippen LogP contribution is -2.54. The van der Waals surface area contributed by atoms with Gasteiger partial charge in [-0.2, -0.15) is 0 Å². The predicted molar refractivity (Wildman–Crippen MR) is 103 cm³/mol. The van der Waals surface area contributed by atoms with Gasteiger partial charge in [-0.05, 0) is 63.6 Å². The van der Waals surface area contributed by atoms with E-state index in [4.69, 9.17) is 9.47 Å². The summed E-state index contributed by atoms with van der Waals surface area (Å²) >= 11 is 0. The van der Waals surface area contributed by atoms with Crippen LogP contribution in [-0.2, 0) is 4.74 Å². The van der Waals surface area contributed by atoms with Crippen molar-refractivity contribution in [1.82, 2.24) is 14.8 Å². The summed E-state index contributed by atoms with van der Waals surface area (Å²) in [5.41, 5.74) is 1.52. The second kappa shape index (κ2) is 7.66. The maximum atomic E-state index is 12.0. The molecule has 3 heterocycles. The third kappa shape index (κ3) is 3.77. The highest BCUT2D eigenvalue weighted by Crippen LogP contribution is 2.51. The molecule has 0 N–H and O–H groups in total. The topological polar surface area (TPSA) is 54.9 Å². The number of rotatable bonds is 4. The van der Waals surface area contributed by atoms with Crippen LogP contribution in [0.15, 0.2) is 18.2 Å². The summed E-state index contributed by atoms with van der Waals surface area (Å²) in [5.74, 6) is 1.25. The Labute approximate surface area is 161 Å². The Morgan fingerprint density at radius 2 is 2.04 bits per heavy atom. The summed E-state index contributed by atoms with van der Waals surface area (Å²) in [6.45, 7) is 6.36. The number of hydrogen-bond donors (Lipinski definition) is 0. The Bertz CT molecular complexity index is 666. The first-order chi connectivity index (χ1) is 13.1. The summed E-state index contributed by atoms with van der Waals surface area (Å²) in [4.78, 5) is 21.1. The quantitative estimate of drug-likeness (QED) is 0.811. The zero-order valence-corrected chi connectivity index (χ0v) is 16.5. The van der Waals surface area contributed by atoms with Gasteiger partial charge in [0.1, 0.15) is 0 Å². The largest absolute Gasteiger partial charge is 0.481 e. The molecule has 0 aromatic carbocycles. The van der Waals surface area contributed by atoms with Gasteiger partial charge in [0.2, 0.25) is 5.88 Å². The minimum absolute atomic E-state index is 0.135. The number of nitrogens with zero attached hydrogens (tertiary/aromatic N) is 3. The smallest absolute Gasteiger partial charge is 0.409 e. The van der Waals surface area contributed by atoms with Gasteiger partial charge >= 0.3 is 6.09 Å². The SMILES string of the molecule is CCOC(=O)N1CCC2(CC(N3CCC(c4cccc(OC)n4)CC3)C2)C1. The average Bonchev–Trinajstić information content (AvgIpc) is 3.13. The van der Waals surface area contributed by atoms with Gasteiger partial charge in [0, 0.05) is 36.8 Å². The molecule has 6 nitrogen and oxygen atoms in total. The van der Waals surface area contributed by atoms with Crippen molar-refractivity contribution in [3.63, 3.8) is 0 Å². The highest BCUT2D eigenvalue weighted by molar-refractivity contribution is 5.68. The Morgan fingerprint density at radius 1 is 1.26 bits per heavy atom. The fourth-order valence-electron chi connectivity index (χ4n) is 5.17. The Kier molecular flexibility index (Phi) is 5.26.